The molecule has 0 radical (unpaired) electrons. The molecule has 154 valence electrons. The lowest BCUT2D eigenvalue weighted by molar-refractivity contribution is -0.123. The average Bonchev–Trinajstić information content (AvgIpc) is 3.08. The van der Waals surface area contributed by atoms with Crippen LogP contribution in [0.4, 0.5) is 0 Å². The summed E-state index contributed by atoms with van der Waals surface area (Å²) in [5.41, 5.74) is 1.60. The van der Waals surface area contributed by atoms with Crippen LogP contribution in [0, 0.1) is 18.8 Å². The summed E-state index contributed by atoms with van der Waals surface area (Å²) < 4.78 is 5.27. The van der Waals surface area contributed by atoms with Crippen LogP contribution in [0.3, 0.4) is 0 Å². The maximum Gasteiger partial charge on any atom is 0.253 e. The number of methoxy groups -OCH3 is 1. The number of hydrogen-bond donors (Lipinski definition) is 2. The topological polar surface area (TPSA) is 78.9 Å². The molecule has 2 amide bonds. The third-order valence-electron chi connectivity index (χ3n) is 5.95. The number of aliphatic hydroxyl groups excluding tert-OH is 1. The molecule has 28 heavy (non-hydrogen) atoms. The van der Waals surface area contributed by atoms with E-state index in [4.69, 9.17) is 4.74 Å². The number of nitrogens with one attached hydrogen (secondary N) is 1. The number of carbonyl (C=O) groups excluding carboxylic acids is 2. The van der Waals surface area contributed by atoms with Crippen LogP contribution in [0.25, 0.3) is 0 Å². The van der Waals surface area contributed by atoms with Crippen molar-refractivity contribution in [2.45, 2.75) is 38.3 Å². The van der Waals surface area contributed by atoms with Crippen molar-refractivity contribution in [2.75, 3.05) is 32.2 Å². The zero-order valence-electron chi connectivity index (χ0n) is 16.8. The molecule has 0 unspecified atom stereocenters. The number of nitrogens with zero attached hydrogens (tertiary/aromatic N) is 1. The van der Waals surface area contributed by atoms with Crippen LogP contribution in [-0.4, -0.2) is 66.2 Å². The smallest absolute Gasteiger partial charge is 0.253 e. The van der Waals surface area contributed by atoms with Crippen LogP contribution < -0.4 is 10.1 Å². The normalized spacial score (nSPS) is 26.6. The highest BCUT2D eigenvalue weighted by atomic mass is 32.2. The van der Waals surface area contributed by atoms with Gasteiger partial charge in [0.1, 0.15) is 5.75 Å². The zero-order valence-corrected chi connectivity index (χ0v) is 17.6. The highest BCUT2D eigenvalue weighted by Crippen LogP contribution is 2.37. The van der Waals surface area contributed by atoms with Crippen molar-refractivity contribution in [3.05, 3.63) is 29.3 Å². The number of likely N-dealkylation sites (tertiary alicyclic amines) is 1. The van der Waals surface area contributed by atoms with Gasteiger partial charge in [-0.3, -0.25) is 9.59 Å². The molecule has 6 nitrogen and oxygen atoms in total. The first-order valence-electron chi connectivity index (χ1n) is 9.83. The monoisotopic (exact) mass is 406 g/mol. The Kier molecular flexibility index (Phi) is 6.88. The lowest BCUT2D eigenvalue weighted by Crippen LogP contribution is -2.49. The minimum absolute atomic E-state index is 0.00325. The third-order valence-corrected chi connectivity index (χ3v) is 6.56. The van der Waals surface area contributed by atoms with E-state index >= 15 is 0 Å². The van der Waals surface area contributed by atoms with Crippen LogP contribution in [-0.2, 0) is 4.79 Å². The molecule has 0 aromatic heterocycles. The molecular formula is C21H30N2O4S. The van der Waals surface area contributed by atoms with E-state index in [2.05, 4.69) is 5.32 Å². The molecule has 1 saturated carbocycles. The molecule has 1 aliphatic carbocycles. The van der Waals surface area contributed by atoms with Gasteiger partial charge in [0.15, 0.2) is 0 Å². The second-order valence-corrected chi connectivity index (χ2v) is 8.86. The van der Waals surface area contributed by atoms with Crippen LogP contribution >= 0.6 is 11.8 Å². The minimum atomic E-state index is -0.544. The van der Waals surface area contributed by atoms with Gasteiger partial charge in [-0.05, 0) is 61.6 Å². The fourth-order valence-corrected chi connectivity index (χ4v) is 4.81. The van der Waals surface area contributed by atoms with E-state index in [0.29, 0.717) is 37.4 Å². The molecule has 1 aliphatic heterocycles. The molecule has 1 aromatic rings. The number of thioether (sulfide) groups is 1. The maximum absolute atomic E-state index is 13.0. The summed E-state index contributed by atoms with van der Waals surface area (Å²) >= 11 is 1.64. The predicted octanol–water partition coefficient (Wildman–Crippen LogP) is 2.08. The molecule has 1 heterocycles. The number of ether oxygens (including phenoxy) is 1. The molecule has 4 atom stereocenters. The van der Waals surface area contributed by atoms with E-state index < -0.39 is 6.10 Å². The Morgan fingerprint density at radius 2 is 2.00 bits per heavy atom. The number of fused-ring (bicyclic) bond motifs is 1. The minimum Gasteiger partial charge on any atom is -0.496 e. The van der Waals surface area contributed by atoms with Crippen LogP contribution in [0.1, 0.15) is 35.2 Å². The Morgan fingerprint density at radius 3 is 2.64 bits per heavy atom. The van der Waals surface area contributed by atoms with Gasteiger partial charge < -0.3 is 20.1 Å². The van der Waals surface area contributed by atoms with Crippen LogP contribution in [0.5, 0.6) is 5.75 Å². The number of hydrogen-bond acceptors (Lipinski definition) is 5. The first-order valence-corrected chi connectivity index (χ1v) is 11.2. The van der Waals surface area contributed by atoms with Gasteiger partial charge in [0, 0.05) is 30.8 Å². The fourth-order valence-electron chi connectivity index (χ4n) is 4.42. The van der Waals surface area contributed by atoms with Gasteiger partial charge >= 0.3 is 0 Å². The summed E-state index contributed by atoms with van der Waals surface area (Å²) in [6.45, 7) is 3.28. The van der Waals surface area contributed by atoms with Crippen molar-refractivity contribution in [2.24, 2.45) is 11.8 Å². The lowest BCUT2D eigenvalue weighted by Gasteiger charge is -2.35. The summed E-state index contributed by atoms with van der Waals surface area (Å²) in [4.78, 5) is 26.9. The molecule has 0 bridgehead atoms. The highest BCUT2D eigenvalue weighted by molar-refractivity contribution is 7.98. The Hall–Kier alpha value is -1.73. The zero-order chi connectivity index (χ0) is 20.3. The first kappa shape index (κ1) is 21.0. The standard InChI is InChI=1S/C21H30N2O4S/c1-13-8-14(4-5-19(13)27-2)21(26)23-11-15-9-17(18(24)10-16(15)12-23)22-20(25)6-7-28-3/h4-5,8,15-18,24H,6-7,9-12H2,1-3H3,(H,22,25)/t15-,16+,17-,18-/m0/s1. The van der Waals surface area contributed by atoms with Gasteiger partial charge in [0.2, 0.25) is 5.91 Å². The fraction of sp³-hybridized carbons (Fsp3) is 0.619. The van der Waals surface area contributed by atoms with Crippen LogP contribution in [0.15, 0.2) is 18.2 Å². The van der Waals surface area contributed by atoms with E-state index in [1.54, 1.807) is 24.9 Å². The quantitative estimate of drug-likeness (QED) is 0.756. The lowest BCUT2D eigenvalue weighted by atomic mass is 9.77. The second kappa shape index (κ2) is 9.18. The van der Waals surface area contributed by atoms with Gasteiger partial charge in [0.25, 0.3) is 5.91 Å². The SMILES string of the molecule is COc1ccc(C(=O)N2C[C@H]3C[C@H](O)[C@@H](NC(=O)CCSC)C[C@H]3C2)cc1C. The Bertz CT molecular complexity index is 726. The van der Waals surface area contributed by atoms with Gasteiger partial charge in [-0.25, -0.2) is 0 Å². The first-order chi connectivity index (χ1) is 13.4. The van der Waals surface area contributed by atoms with Gasteiger partial charge in [-0.15, -0.1) is 0 Å². The number of benzene rings is 1. The van der Waals surface area contributed by atoms with Crippen molar-refractivity contribution >= 4 is 23.6 Å². The number of amides is 2. The second-order valence-electron chi connectivity index (χ2n) is 7.87. The van der Waals surface area contributed by atoms with Crippen molar-refractivity contribution in [1.29, 1.82) is 0 Å². The highest BCUT2D eigenvalue weighted by Gasteiger charge is 2.43. The Morgan fingerprint density at radius 1 is 1.29 bits per heavy atom. The summed E-state index contributed by atoms with van der Waals surface area (Å²) in [6, 6.07) is 5.29. The molecule has 0 spiro atoms. The van der Waals surface area contributed by atoms with Gasteiger partial charge in [-0.1, -0.05) is 0 Å². The van der Waals surface area contributed by atoms with E-state index in [1.807, 2.05) is 30.2 Å². The van der Waals surface area contributed by atoms with Crippen molar-refractivity contribution < 1.29 is 19.4 Å². The molecule has 1 aromatic carbocycles. The number of carbonyl (C=O) groups is 2. The van der Waals surface area contributed by atoms with Crippen molar-refractivity contribution in [3.63, 3.8) is 0 Å². The molecule has 1 saturated heterocycles. The number of aliphatic hydroxyl groups is 1. The predicted molar refractivity (Wildman–Crippen MR) is 111 cm³/mol. The van der Waals surface area contributed by atoms with Crippen molar-refractivity contribution in [3.8, 4) is 5.75 Å². The molecule has 3 rings (SSSR count). The summed E-state index contributed by atoms with van der Waals surface area (Å²) in [5.74, 6) is 2.18. The summed E-state index contributed by atoms with van der Waals surface area (Å²) in [7, 11) is 1.62. The number of rotatable bonds is 6. The summed E-state index contributed by atoms with van der Waals surface area (Å²) in [5, 5.41) is 13.5. The van der Waals surface area contributed by atoms with E-state index in [-0.39, 0.29) is 23.8 Å². The molecule has 2 N–H and O–H groups in total. The largest absolute Gasteiger partial charge is 0.496 e. The molecule has 7 heteroatoms. The maximum atomic E-state index is 13.0. The summed E-state index contributed by atoms with van der Waals surface area (Å²) in [6.07, 6.45) is 3.26. The van der Waals surface area contributed by atoms with Gasteiger partial charge in [-0.2, -0.15) is 11.8 Å². The van der Waals surface area contributed by atoms with Crippen molar-refractivity contribution in [1.82, 2.24) is 10.2 Å². The van der Waals surface area contributed by atoms with Crippen LogP contribution in [0.2, 0.25) is 0 Å². The Balaban J connectivity index is 1.61. The van der Waals surface area contributed by atoms with E-state index in [9.17, 15) is 14.7 Å². The van der Waals surface area contributed by atoms with E-state index in [0.717, 1.165) is 23.5 Å². The number of aryl methyl sites for hydroxylation is 1. The van der Waals surface area contributed by atoms with Gasteiger partial charge in [0.05, 0.1) is 19.3 Å². The average molecular weight is 407 g/mol. The molecule has 2 fully saturated rings. The third kappa shape index (κ3) is 4.63. The Labute approximate surface area is 171 Å². The molecular weight excluding hydrogens is 376 g/mol. The van der Waals surface area contributed by atoms with E-state index in [1.165, 1.54) is 0 Å². The molecule has 2 aliphatic rings.